The molecule has 6 heteroatoms. The smallest absolute Gasteiger partial charge is 0.320 e. The van der Waals surface area contributed by atoms with Crippen LogP contribution < -0.4 is 5.73 Å². The van der Waals surface area contributed by atoms with Crippen LogP contribution in [0.5, 0.6) is 0 Å². The van der Waals surface area contributed by atoms with E-state index in [1.807, 2.05) is 12.1 Å². The van der Waals surface area contributed by atoms with Crippen molar-refractivity contribution in [3.63, 3.8) is 0 Å². The summed E-state index contributed by atoms with van der Waals surface area (Å²) in [4.78, 5) is 0. The fourth-order valence-corrected chi connectivity index (χ4v) is 1.68. The lowest BCUT2D eigenvalue weighted by Gasteiger charge is -2.03. The number of benzene rings is 1. The van der Waals surface area contributed by atoms with Crippen LogP contribution in [-0.4, -0.2) is 16.3 Å². The molecule has 0 aliphatic heterocycles. The number of alkyl halides is 3. The first-order valence-electron chi connectivity index (χ1n) is 5.86. The first kappa shape index (κ1) is 14.2. The number of halogens is 3. The van der Waals surface area contributed by atoms with Crippen LogP contribution in [0.3, 0.4) is 0 Å². The van der Waals surface area contributed by atoms with Gasteiger partial charge in [-0.15, -0.1) is 0 Å². The summed E-state index contributed by atoms with van der Waals surface area (Å²) in [5, 5.41) is 3.71. The van der Waals surface area contributed by atoms with E-state index in [1.54, 1.807) is 12.1 Å². The lowest BCUT2D eigenvalue weighted by atomic mass is 10.1. The first-order chi connectivity index (χ1) is 9.49. The highest BCUT2D eigenvalue weighted by molar-refractivity contribution is 5.37. The van der Waals surface area contributed by atoms with Crippen LogP contribution in [0.4, 0.5) is 13.2 Å². The van der Waals surface area contributed by atoms with Crippen molar-refractivity contribution in [2.24, 2.45) is 5.73 Å². The Morgan fingerprint density at radius 2 is 2.10 bits per heavy atom. The first-order valence-corrected chi connectivity index (χ1v) is 5.86. The summed E-state index contributed by atoms with van der Waals surface area (Å²) in [7, 11) is 0. The van der Waals surface area contributed by atoms with Crippen molar-refractivity contribution in [3.8, 4) is 11.8 Å². The van der Waals surface area contributed by atoms with Crippen LogP contribution in [0.25, 0.3) is 0 Å². The van der Waals surface area contributed by atoms with E-state index < -0.39 is 11.7 Å². The SMILES string of the molecule is NCC#Cc1cccc(Cn2cc(C(F)(F)F)cn2)c1. The van der Waals surface area contributed by atoms with E-state index in [4.69, 9.17) is 5.73 Å². The maximum Gasteiger partial charge on any atom is 0.419 e. The molecule has 0 amide bonds. The van der Waals surface area contributed by atoms with Crippen molar-refractivity contribution in [1.82, 2.24) is 9.78 Å². The summed E-state index contributed by atoms with van der Waals surface area (Å²) in [6.45, 7) is 0.520. The fourth-order valence-electron chi connectivity index (χ4n) is 1.68. The van der Waals surface area contributed by atoms with Gasteiger partial charge in [0, 0.05) is 11.8 Å². The number of aromatic nitrogens is 2. The molecule has 20 heavy (non-hydrogen) atoms. The molecular formula is C14H12F3N3. The van der Waals surface area contributed by atoms with Crippen molar-refractivity contribution < 1.29 is 13.2 Å². The third-order valence-corrected chi connectivity index (χ3v) is 2.57. The Balaban J connectivity index is 2.16. The minimum atomic E-state index is -4.37. The van der Waals surface area contributed by atoms with Gasteiger partial charge in [-0.05, 0) is 17.7 Å². The number of hydrogen-bond acceptors (Lipinski definition) is 2. The van der Waals surface area contributed by atoms with Crippen molar-refractivity contribution in [2.75, 3.05) is 6.54 Å². The van der Waals surface area contributed by atoms with Gasteiger partial charge in [0.2, 0.25) is 0 Å². The largest absolute Gasteiger partial charge is 0.419 e. The quantitative estimate of drug-likeness (QED) is 0.857. The van der Waals surface area contributed by atoms with Crippen LogP contribution in [0.1, 0.15) is 16.7 Å². The van der Waals surface area contributed by atoms with Gasteiger partial charge in [0.25, 0.3) is 0 Å². The van der Waals surface area contributed by atoms with E-state index in [0.717, 1.165) is 23.5 Å². The minimum absolute atomic E-state index is 0.258. The maximum absolute atomic E-state index is 12.5. The molecule has 2 rings (SSSR count). The van der Waals surface area contributed by atoms with Gasteiger partial charge in [-0.3, -0.25) is 4.68 Å². The van der Waals surface area contributed by atoms with Crippen LogP contribution in [0, 0.1) is 11.8 Å². The second-order valence-electron chi connectivity index (χ2n) is 4.13. The standard InChI is InChI=1S/C14H12F3N3/c15-14(16,17)13-8-19-20(10-13)9-12-4-1-3-11(7-12)5-2-6-18/h1,3-4,7-8,10H,6,9,18H2. The lowest BCUT2D eigenvalue weighted by molar-refractivity contribution is -0.137. The summed E-state index contributed by atoms with van der Waals surface area (Å²) in [5.74, 6) is 5.60. The molecule has 0 saturated heterocycles. The third-order valence-electron chi connectivity index (χ3n) is 2.57. The molecule has 0 aliphatic carbocycles. The third kappa shape index (κ3) is 3.62. The predicted octanol–water partition coefficient (Wildman–Crippen LogP) is 2.26. The van der Waals surface area contributed by atoms with Crippen molar-refractivity contribution in [2.45, 2.75) is 12.7 Å². The summed E-state index contributed by atoms with van der Waals surface area (Å²) >= 11 is 0. The van der Waals surface area contributed by atoms with Gasteiger partial charge in [-0.2, -0.15) is 18.3 Å². The molecule has 2 aromatic rings. The molecule has 0 fully saturated rings. The Hall–Kier alpha value is -2.26. The average molecular weight is 279 g/mol. The van der Waals surface area contributed by atoms with Gasteiger partial charge in [-0.25, -0.2) is 0 Å². The van der Waals surface area contributed by atoms with Crippen LogP contribution in [0.15, 0.2) is 36.7 Å². The molecule has 104 valence electrons. The molecule has 1 aromatic carbocycles. The van der Waals surface area contributed by atoms with Gasteiger partial charge in [0.1, 0.15) is 0 Å². The Morgan fingerprint density at radius 1 is 1.30 bits per heavy atom. The van der Waals surface area contributed by atoms with Gasteiger partial charge in [0.15, 0.2) is 0 Å². The molecule has 0 spiro atoms. The van der Waals surface area contributed by atoms with E-state index in [1.165, 1.54) is 4.68 Å². The van der Waals surface area contributed by atoms with Crippen molar-refractivity contribution >= 4 is 0 Å². The summed E-state index contributed by atoms with van der Waals surface area (Å²) < 4.78 is 38.6. The number of hydrogen-bond donors (Lipinski definition) is 1. The summed E-state index contributed by atoms with van der Waals surface area (Å²) in [6.07, 6.45) is -2.57. The van der Waals surface area contributed by atoms with Gasteiger partial charge in [-0.1, -0.05) is 24.0 Å². The number of rotatable bonds is 2. The fraction of sp³-hybridized carbons (Fsp3) is 0.214. The van der Waals surface area contributed by atoms with Crippen molar-refractivity contribution in [3.05, 3.63) is 53.3 Å². The molecule has 0 aliphatic rings. The molecule has 0 radical (unpaired) electrons. The van der Waals surface area contributed by atoms with Crippen molar-refractivity contribution in [1.29, 1.82) is 0 Å². The molecule has 0 bridgehead atoms. The van der Waals surface area contributed by atoms with Crippen LogP contribution in [-0.2, 0) is 12.7 Å². The zero-order valence-electron chi connectivity index (χ0n) is 10.5. The second-order valence-corrected chi connectivity index (χ2v) is 4.13. The van der Waals surface area contributed by atoms with Crippen LogP contribution >= 0.6 is 0 Å². The monoisotopic (exact) mass is 279 g/mol. The summed E-state index contributed by atoms with van der Waals surface area (Å²) in [5.41, 5.74) is 6.13. The average Bonchev–Trinajstić information content (AvgIpc) is 2.85. The maximum atomic E-state index is 12.5. The molecule has 1 heterocycles. The van der Waals surface area contributed by atoms with Gasteiger partial charge < -0.3 is 5.73 Å². The lowest BCUT2D eigenvalue weighted by Crippen LogP contribution is -2.04. The molecule has 0 unspecified atom stereocenters. The number of nitrogens with zero attached hydrogens (tertiary/aromatic N) is 2. The predicted molar refractivity (Wildman–Crippen MR) is 68.7 cm³/mol. The zero-order chi connectivity index (χ0) is 14.6. The molecule has 0 saturated carbocycles. The Kier molecular flexibility index (Phi) is 4.11. The highest BCUT2D eigenvalue weighted by Gasteiger charge is 2.32. The van der Waals surface area contributed by atoms with Gasteiger partial charge >= 0.3 is 6.18 Å². The van der Waals surface area contributed by atoms with E-state index in [-0.39, 0.29) is 13.1 Å². The van der Waals surface area contributed by atoms with Gasteiger partial charge in [0.05, 0.1) is 24.8 Å². The highest BCUT2D eigenvalue weighted by Crippen LogP contribution is 2.28. The topological polar surface area (TPSA) is 43.8 Å². The Labute approximate surface area is 114 Å². The van der Waals surface area contributed by atoms with E-state index in [9.17, 15) is 13.2 Å². The Bertz CT molecular complexity index is 647. The molecule has 3 nitrogen and oxygen atoms in total. The second kappa shape index (κ2) is 5.80. The molecule has 1 aromatic heterocycles. The molecular weight excluding hydrogens is 267 g/mol. The van der Waals surface area contributed by atoms with Crippen LogP contribution in [0.2, 0.25) is 0 Å². The Morgan fingerprint density at radius 3 is 2.75 bits per heavy atom. The minimum Gasteiger partial charge on any atom is -0.320 e. The number of nitrogens with two attached hydrogens (primary N) is 1. The molecule has 0 atom stereocenters. The summed E-state index contributed by atoms with van der Waals surface area (Å²) in [6, 6.07) is 7.22. The highest BCUT2D eigenvalue weighted by atomic mass is 19.4. The van der Waals surface area contributed by atoms with E-state index in [2.05, 4.69) is 16.9 Å². The normalized spacial score (nSPS) is 11.0. The van der Waals surface area contributed by atoms with E-state index >= 15 is 0 Å². The van der Waals surface area contributed by atoms with E-state index in [0.29, 0.717) is 0 Å². The zero-order valence-corrected chi connectivity index (χ0v) is 10.5. The molecule has 2 N–H and O–H groups in total.